The fourth-order valence-corrected chi connectivity index (χ4v) is 2.00. The van der Waals surface area contributed by atoms with E-state index in [4.69, 9.17) is 5.73 Å². The predicted octanol–water partition coefficient (Wildman–Crippen LogP) is 0.688. The molecular weight excluding hydrogens is 193 g/mol. The van der Waals surface area contributed by atoms with Crippen LogP contribution in [0.4, 0.5) is 4.39 Å². The normalized spacial score (nSPS) is 11.6. The van der Waals surface area contributed by atoms with E-state index in [1.165, 1.54) is 6.07 Å². The molecule has 0 bridgehead atoms. The summed E-state index contributed by atoms with van der Waals surface area (Å²) in [6, 6.07) is 3.47. The van der Waals surface area contributed by atoms with Crippen molar-refractivity contribution in [3.63, 3.8) is 0 Å². The van der Waals surface area contributed by atoms with Crippen molar-refractivity contribution in [3.05, 3.63) is 29.6 Å². The van der Waals surface area contributed by atoms with Crippen molar-refractivity contribution in [2.45, 2.75) is 11.4 Å². The lowest BCUT2D eigenvalue weighted by Crippen LogP contribution is -2.06. The van der Waals surface area contributed by atoms with E-state index in [2.05, 4.69) is 0 Å². The zero-order valence-corrected chi connectivity index (χ0v) is 7.94. The Morgan fingerprint density at radius 1 is 1.46 bits per heavy atom. The van der Waals surface area contributed by atoms with Gasteiger partial charge in [-0.05, 0) is 23.8 Å². The van der Waals surface area contributed by atoms with Crippen molar-refractivity contribution in [1.29, 1.82) is 0 Å². The number of halogens is 1. The molecule has 0 aliphatic rings. The predicted molar refractivity (Wildman–Crippen MR) is 47.4 cm³/mol. The Hall–Kier alpha value is -0.940. The second-order valence-electron chi connectivity index (χ2n) is 2.73. The molecule has 0 amide bonds. The van der Waals surface area contributed by atoms with E-state index >= 15 is 0 Å². The molecule has 0 aliphatic heterocycles. The molecule has 1 rings (SSSR count). The maximum absolute atomic E-state index is 12.7. The third kappa shape index (κ3) is 2.26. The summed E-state index contributed by atoms with van der Waals surface area (Å²) in [7, 11) is -3.31. The fraction of sp³-hybridized carbons (Fsp3) is 0.250. The van der Waals surface area contributed by atoms with Crippen LogP contribution in [-0.4, -0.2) is 14.7 Å². The first-order valence-electron chi connectivity index (χ1n) is 3.63. The van der Waals surface area contributed by atoms with Crippen molar-refractivity contribution >= 4 is 9.84 Å². The summed E-state index contributed by atoms with van der Waals surface area (Å²) in [4.78, 5) is 0.0939. The second-order valence-corrected chi connectivity index (χ2v) is 4.71. The molecule has 0 atom stereocenters. The van der Waals surface area contributed by atoms with Gasteiger partial charge in [-0.3, -0.25) is 0 Å². The molecule has 0 fully saturated rings. The average molecular weight is 203 g/mol. The molecule has 2 N–H and O–H groups in total. The first-order chi connectivity index (χ1) is 5.95. The lowest BCUT2D eigenvalue weighted by molar-refractivity contribution is 0.598. The van der Waals surface area contributed by atoms with E-state index < -0.39 is 15.7 Å². The second kappa shape index (κ2) is 3.43. The number of sulfone groups is 1. The average Bonchev–Trinajstić information content (AvgIpc) is 2.01. The number of hydrogen-bond acceptors (Lipinski definition) is 3. The van der Waals surface area contributed by atoms with Crippen molar-refractivity contribution in [3.8, 4) is 0 Å². The molecule has 0 saturated heterocycles. The summed E-state index contributed by atoms with van der Waals surface area (Å²) in [5.41, 5.74) is 5.59. The van der Waals surface area contributed by atoms with Gasteiger partial charge in [0, 0.05) is 12.8 Å². The van der Waals surface area contributed by atoms with Crippen LogP contribution in [-0.2, 0) is 16.4 Å². The maximum Gasteiger partial charge on any atom is 0.175 e. The number of rotatable bonds is 2. The van der Waals surface area contributed by atoms with Crippen molar-refractivity contribution in [2.24, 2.45) is 5.73 Å². The van der Waals surface area contributed by atoms with Gasteiger partial charge in [0.05, 0.1) is 4.90 Å². The molecule has 0 aromatic heterocycles. The molecule has 0 aliphatic carbocycles. The van der Waals surface area contributed by atoms with E-state index in [-0.39, 0.29) is 11.4 Å². The van der Waals surface area contributed by atoms with Gasteiger partial charge in [0.25, 0.3) is 0 Å². The summed E-state index contributed by atoms with van der Waals surface area (Å²) >= 11 is 0. The van der Waals surface area contributed by atoms with Gasteiger partial charge in [-0.1, -0.05) is 0 Å². The minimum absolute atomic E-state index is 0.0141. The zero-order chi connectivity index (χ0) is 10.1. The van der Waals surface area contributed by atoms with Gasteiger partial charge in [-0.25, -0.2) is 12.8 Å². The molecule has 0 spiro atoms. The quantitative estimate of drug-likeness (QED) is 0.719. The van der Waals surface area contributed by atoms with Gasteiger partial charge in [0.15, 0.2) is 9.84 Å². The lowest BCUT2D eigenvalue weighted by atomic mass is 10.2. The molecule has 0 heterocycles. The van der Waals surface area contributed by atoms with Crippen LogP contribution in [0.1, 0.15) is 5.56 Å². The minimum atomic E-state index is -3.31. The van der Waals surface area contributed by atoms with Crippen molar-refractivity contribution in [1.82, 2.24) is 0 Å². The Bertz CT molecular complexity index is 414. The van der Waals surface area contributed by atoms with Crippen LogP contribution in [0.3, 0.4) is 0 Å². The summed E-state index contributed by atoms with van der Waals surface area (Å²) in [6.45, 7) is 0.0141. The monoisotopic (exact) mass is 203 g/mol. The Morgan fingerprint density at radius 2 is 2.08 bits per heavy atom. The smallest absolute Gasteiger partial charge is 0.175 e. The standard InChI is InChI=1S/C8H10FNO2S/c1-13(11,12)8-3-2-7(9)4-6(8)5-10/h2-4H,5,10H2,1H3. The topological polar surface area (TPSA) is 60.2 Å². The molecule has 0 unspecified atom stereocenters. The molecule has 0 radical (unpaired) electrons. The van der Waals surface area contributed by atoms with E-state index in [1.54, 1.807) is 0 Å². The van der Waals surface area contributed by atoms with Crippen LogP contribution in [0, 0.1) is 5.82 Å². The zero-order valence-electron chi connectivity index (χ0n) is 7.12. The van der Waals surface area contributed by atoms with Crippen molar-refractivity contribution in [2.75, 3.05) is 6.26 Å². The highest BCUT2D eigenvalue weighted by Crippen LogP contribution is 2.16. The number of hydrogen-bond donors (Lipinski definition) is 1. The highest BCUT2D eigenvalue weighted by atomic mass is 32.2. The molecule has 1 aromatic rings. The summed E-state index contributed by atoms with van der Waals surface area (Å²) in [6.07, 6.45) is 1.07. The Balaban J connectivity index is 3.39. The third-order valence-corrected chi connectivity index (χ3v) is 2.84. The molecular formula is C8H10FNO2S. The van der Waals surface area contributed by atoms with Crippen molar-refractivity contribution < 1.29 is 12.8 Å². The molecule has 5 heteroatoms. The van der Waals surface area contributed by atoms with Gasteiger partial charge in [-0.2, -0.15) is 0 Å². The molecule has 1 aromatic carbocycles. The minimum Gasteiger partial charge on any atom is -0.326 e. The largest absolute Gasteiger partial charge is 0.326 e. The van der Waals surface area contributed by atoms with Gasteiger partial charge >= 0.3 is 0 Å². The molecule has 0 saturated carbocycles. The van der Waals surface area contributed by atoms with Crippen LogP contribution in [0.2, 0.25) is 0 Å². The van der Waals surface area contributed by atoms with E-state index in [0.717, 1.165) is 18.4 Å². The molecule has 3 nitrogen and oxygen atoms in total. The third-order valence-electron chi connectivity index (χ3n) is 1.64. The van der Waals surface area contributed by atoms with Crippen LogP contribution in [0.5, 0.6) is 0 Å². The first kappa shape index (κ1) is 10.1. The summed E-state index contributed by atoms with van der Waals surface area (Å²) < 4.78 is 35.0. The summed E-state index contributed by atoms with van der Waals surface area (Å²) in [5, 5.41) is 0. The van der Waals surface area contributed by atoms with Gasteiger partial charge < -0.3 is 5.73 Å². The summed E-state index contributed by atoms with van der Waals surface area (Å²) in [5.74, 6) is -0.479. The maximum atomic E-state index is 12.7. The van der Waals surface area contributed by atoms with Crippen LogP contribution in [0.25, 0.3) is 0 Å². The molecule has 72 valence electrons. The number of nitrogens with two attached hydrogens (primary N) is 1. The van der Waals surface area contributed by atoms with Crippen LogP contribution < -0.4 is 5.73 Å². The number of benzene rings is 1. The first-order valence-corrected chi connectivity index (χ1v) is 5.53. The van der Waals surface area contributed by atoms with E-state index in [0.29, 0.717) is 5.56 Å². The SMILES string of the molecule is CS(=O)(=O)c1ccc(F)cc1CN. The van der Waals surface area contributed by atoms with Crippen LogP contribution >= 0.6 is 0 Å². The Labute approximate surface area is 76.3 Å². The van der Waals surface area contributed by atoms with Gasteiger partial charge in [0.2, 0.25) is 0 Å². The highest BCUT2D eigenvalue weighted by Gasteiger charge is 2.12. The highest BCUT2D eigenvalue weighted by molar-refractivity contribution is 7.90. The van der Waals surface area contributed by atoms with Gasteiger partial charge in [0.1, 0.15) is 5.82 Å². The van der Waals surface area contributed by atoms with Gasteiger partial charge in [-0.15, -0.1) is 0 Å². The van der Waals surface area contributed by atoms with E-state index in [9.17, 15) is 12.8 Å². The molecule has 13 heavy (non-hydrogen) atoms. The Kier molecular flexibility index (Phi) is 2.68. The van der Waals surface area contributed by atoms with E-state index in [1.807, 2.05) is 0 Å². The lowest BCUT2D eigenvalue weighted by Gasteiger charge is -2.04. The Morgan fingerprint density at radius 3 is 2.54 bits per heavy atom. The van der Waals surface area contributed by atoms with Crippen LogP contribution in [0.15, 0.2) is 23.1 Å². The fourth-order valence-electron chi connectivity index (χ4n) is 1.07.